The van der Waals surface area contributed by atoms with Gasteiger partial charge < -0.3 is 0 Å². The van der Waals surface area contributed by atoms with Crippen LogP contribution >= 0.6 is 23.2 Å². The Bertz CT molecular complexity index is 529. The van der Waals surface area contributed by atoms with E-state index in [-0.39, 0.29) is 16.6 Å². The van der Waals surface area contributed by atoms with Crippen LogP contribution in [-0.4, -0.2) is 9.78 Å². The van der Waals surface area contributed by atoms with Gasteiger partial charge in [-0.25, -0.2) is 9.07 Å². The van der Waals surface area contributed by atoms with Gasteiger partial charge >= 0.3 is 0 Å². The smallest absolute Gasteiger partial charge is 0.150 e. The number of aromatic nitrogens is 2. The highest BCUT2D eigenvalue weighted by Crippen LogP contribution is 2.28. The summed E-state index contributed by atoms with van der Waals surface area (Å²) in [6.07, 6.45) is 0. The van der Waals surface area contributed by atoms with Crippen LogP contribution in [-0.2, 0) is 0 Å². The fourth-order valence-electron chi connectivity index (χ4n) is 1.51. The van der Waals surface area contributed by atoms with Crippen LogP contribution in [0.3, 0.4) is 0 Å². The number of hydrogen-bond donors (Lipinski definition) is 0. The van der Waals surface area contributed by atoms with Gasteiger partial charge in [0, 0.05) is 0 Å². The molecule has 0 aliphatic heterocycles. The third-order valence-electron chi connectivity index (χ3n) is 2.43. The highest BCUT2D eigenvalue weighted by molar-refractivity contribution is 6.33. The van der Waals surface area contributed by atoms with Gasteiger partial charge in [0.15, 0.2) is 0 Å². The maximum atomic E-state index is 13.7. The third-order valence-corrected chi connectivity index (χ3v) is 3.00. The lowest BCUT2D eigenvalue weighted by Gasteiger charge is -2.07. The predicted octanol–water partition coefficient (Wildman–Crippen LogP) is 4.44. The summed E-state index contributed by atoms with van der Waals surface area (Å²) in [4.78, 5) is 0. The van der Waals surface area contributed by atoms with Crippen LogP contribution in [0.5, 0.6) is 0 Å². The lowest BCUT2D eigenvalue weighted by molar-refractivity contribution is 0.609. The van der Waals surface area contributed by atoms with Gasteiger partial charge in [-0.05, 0) is 24.1 Å². The molecule has 0 radical (unpaired) electrons. The highest BCUT2D eigenvalue weighted by atomic mass is 35.5. The van der Waals surface area contributed by atoms with E-state index in [9.17, 15) is 4.39 Å². The van der Waals surface area contributed by atoms with Crippen LogP contribution in [0.1, 0.15) is 25.5 Å². The van der Waals surface area contributed by atoms with E-state index in [0.717, 1.165) is 5.69 Å². The van der Waals surface area contributed by atoms with Crippen molar-refractivity contribution >= 4 is 23.2 Å². The van der Waals surface area contributed by atoms with Crippen molar-refractivity contribution in [1.82, 2.24) is 9.78 Å². The number of para-hydroxylation sites is 1. The van der Waals surface area contributed by atoms with E-state index in [1.54, 1.807) is 18.2 Å². The van der Waals surface area contributed by atoms with Crippen LogP contribution in [0.2, 0.25) is 10.2 Å². The lowest BCUT2D eigenvalue weighted by Crippen LogP contribution is -2.02. The Labute approximate surface area is 109 Å². The molecule has 0 saturated heterocycles. The van der Waals surface area contributed by atoms with Crippen molar-refractivity contribution in [2.24, 2.45) is 0 Å². The van der Waals surface area contributed by atoms with Gasteiger partial charge in [0.25, 0.3) is 0 Å². The average molecular weight is 273 g/mol. The molecule has 1 heterocycles. The maximum Gasteiger partial charge on any atom is 0.150 e. The molecule has 17 heavy (non-hydrogen) atoms. The van der Waals surface area contributed by atoms with E-state index in [2.05, 4.69) is 5.10 Å². The van der Waals surface area contributed by atoms with Gasteiger partial charge in [-0.2, -0.15) is 5.10 Å². The topological polar surface area (TPSA) is 17.8 Å². The molecule has 2 rings (SSSR count). The summed E-state index contributed by atoms with van der Waals surface area (Å²) in [7, 11) is 0. The molecule has 0 bridgehead atoms. The molecule has 0 N–H and O–H groups in total. The van der Waals surface area contributed by atoms with Crippen molar-refractivity contribution in [3.63, 3.8) is 0 Å². The Hall–Kier alpha value is -1.06. The minimum absolute atomic E-state index is 0.186. The van der Waals surface area contributed by atoms with Gasteiger partial charge in [-0.1, -0.05) is 43.1 Å². The monoisotopic (exact) mass is 272 g/mol. The molecular weight excluding hydrogens is 262 g/mol. The zero-order valence-electron chi connectivity index (χ0n) is 9.42. The zero-order chi connectivity index (χ0) is 12.6. The predicted molar refractivity (Wildman–Crippen MR) is 67.6 cm³/mol. The van der Waals surface area contributed by atoms with Gasteiger partial charge in [0.2, 0.25) is 0 Å². The maximum absolute atomic E-state index is 13.7. The molecule has 90 valence electrons. The summed E-state index contributed by atoms with van der Waals surface area (Å²) in [5, 5.41) is 4.89. The van der Waals surface area contributed by atoms with E-state index in [1.165, 1.54) is 10.7 Å². The van der Waals surface area contributed by atoms with E-state index in [4.69, 9.17) is 23.2 Å². The second-order valence-electron chi connectivity index (χ2n) is 4.03. The minimum Gasteiger partial charge on any atom is -0.217 e. The molecule has 0 aliphatic carbocycles. The SMILES string of the molecule is CC(C)c1cc(Cl)n(-c2c(F)cccc2Cl)n1. The fourth-order valence-corrected chi connectivity index (χ4v) is 1.98. The number of hydrogen-bond acceptors (Lipinski definition) is 1. The molecule has 5 heteroatoms. The number of rotatable bonds is 2. The van der Waals surface area contributed by atoms with Crippen molar-refractivity contribution in [2.45, 2.75) is 19.8 Å². The second kappa shape index (κ2) is 4.67. The van der Waals surface area contributed by atoms with Gasteiger partial charge in [0.05, 0.1) is 10.7 Å². The van der Waals surface area contributed by atoms with Crippen LogP contribution in [0.15, 0.2) is 24.3 Å². The number of benzene rings is 1. The van der Waals surface area contributed by atoms with E-state index in [0.29, 0.717) is 5.15 Å². The molecular formula is C12H11Cl2FN2. The van der Waals surface area contributed by atoms with E-state index >= 15 is 0 Å². The van der Waals surface area contributed by atoms with Crippen molar-refractivity contribution in [2.75, 3.05) is 0 Å². The molecule has 0 fully saturated rings. The minimum atomic E-state index is -0.446. The quantitative estimate of drug-likeness (QED) is 0.790. The first kappa shape index (κ1) is 12.4. The highest BCUT2D eigenvalue weighted by Gasteiger charge is 2.15. The van der Waals surface area contributed by atoms with Crippen LogP contribution in [0.25, 0.3) is 5.69 Å². The summed E-state index contributed by atoms with van der Waals surface area (Å²) in [5.41, 5.74) is 0.986. The second-order valence-corrected chi connectivity index (χ2v) is 4.82. The molecule has 1 aromatic carbocycles. The van der Waals surface area contributed by atoms with Crippen LogP contribution in [0, 0.1) is 5.82 Å². The average Bonchev–Trinajstić information content (AvgIpc) is 2.61. The zero-order valence-corrected chi connectivity index (χ0v) is 10.9. The molecule has 0 saturated carbocycles. The molecule has 0 atom stereocenters. The first-order valence-electron chi connectivity index (χ1n) is 5.20. The van der Waals surface area contributed by atoms with Crippen LogP contribution in [0.4, 0.5) is 4.39 Å². The Morgan fingerprint density at radius 2 is 2.00 bits per heavy atom. The number of halogens is 3. The molecule has 0 spiro atoms. The van der Waals surface area contributed by atoms with Crippen molar-refractivity contribution in [3.05, 3.63) is 46.0 Å². The Kier molecular flexibility index (Phi) is 3.40. The van der Waals surface area contributed by atoms with Gasteiger partial charge in [0.1, 0.15) is 16.7 Å². The first-order chi connectivity index (χ1) is 8.00. The lowest BCUT2D eigenvalue weighted by atomic mass is 10.1. The van der Waals surface area contributed by atoms with Gasteiger partial charge in [-0.15, -0.1) is 0 Å². The van der Waals surface area contributed by atoms with Crippen molar-refractivity contribution < 1.29 is 4.39 Å². The summed E-state index contributed by atoms with van der Waals surface area (Å²) in [6.45, 7) is 3.98. The summed E-state index contributed by atoms with van der Waals surface area (Å²) >= 11 is 12.0. The number of nitrogens with zero attached hydrogens (tertiary/aromatic N) is 2. The van der Waals surface area contributed by atoms with Gasteiger partial charge in [-0.3, -0.25) is 0 Å². The largest absolute Gasteiger partial charge is 0.217 e. The van der Waals surface area contributed by atoms with Crippen molar-refractivity contribution in [3.8, 4) is 5.69 Å². The third kappa shape index (κ3) is 2.31. The van der Waals surface area contributed by atoms with E-state index in [1.807, 2.05) is 13.8 Å². The molecule has 0 aliphatic rings. The summed E-state index contributed by atoms with van der Waals surface area (Å²) < 4.78 is 15.1. The normalized spacial score (nSPS) is 11.2. The molecule has 1 aromatic heterocycles. The molecule has 2 aromatic rings. The van der Waals surface area contributed by atoms with E-state index < -0.39 is 5.82 Å². The Morgan fingerprint density at radius 3 is 2.53 bits per heavy atom. The molecule has 2 nitrogen and oxygen atoms in total. The first-order valence-corrected chi connectivity index (χ1v) is 5.96. The Morgan fingerprint density at radius 1 is 1.29 bits per heavy atom. The molecule has 0 unspecified atom stereocenters. The summed E-state index contributed by atoms with van der Waals surface area (Å²) in [5.74, 6) is -0.225. The standard InChI is InChI=1S/C12H11Cl2FN2/c1-7(2)10-6-11(14)17(16-10)12-8(13)4-3-5-9(12)15/h3-7H,1-2H3. The van der Waals surface area contributed by atoms with Crippen molar-refractivity contribution in [1.29, 1.82) is 0 Å². The van der Waals surface area contributed by atoms with Crippen LogP contribution < -0.4 is 0 Å². The molecule has 0 amide bonds. The summed E-state index contributed by atoms with van der Waals surface area (Å²) in [6, 6.07) is 6.19. The fraction of sp³-hybridized carbons (Fsp3) is 0.250. The Balaban J connectivity index is 2.61.